The van der Waals surface area contributed by atoms with Gasteiger partial charge >= 0.3 is 0 Å². The number of anilines is 1. The Labute approximate surface area is 115 Å². The van der Waals surface area contributed by atoms with E-state index < -0.39 is 0 Å². The van der Waals surface area contributed by atoms with Crippen molar-refractivity contribution < 1.29 is 0 Å². The van der Waals surface area contributed by atoms with E-state index in [2.05, 4.69) is 36.9 Å². The number of hydrogen-bond donors (Lipinski definition) is 0. The average Bonchev–Trinajstić information content (AvgIpc) is 2.34. The van der Waals surface area contributed by atoms with Gasteiger partial charge in [0.2, 0.25) is 0 Å². The molecule has 4 heteroatoms. The Hall–Kier alpha value is -1.24. The second kappa shape index (κ2) is 7.25. The lowest BCUT2D eigenvalue weighted by molar-refractivity contribution is 0.400. The number of nitriles is 1. The van der Waals surface area contributed by atoms with E-state index in [-0.39, 0.29) is 0 Å². The Morgan fingerprint density at radius 2 is 2.00 bits per heavy atom. The molecule has 0 atom stereocenters. The predicted octanol–water partition coefficient (Wildman–Crippen LogP) is 2.99. The van der Waals surface area contributed by atoms with Gasteiger partial charge in [0.1, 0.15) is 6.07 Å². The minimum atomic E-state index is 0.529. The lowest BCUT2D eigenvalue weighted by Crippen LogP contribution is -2.27. The van der Waals surface area contributed by atoms with Crippen LogP contribution in [0.5, 0.6) is 0 Å². The van der Waals surface area contributed by atoms with Crippen molar-refractivity contribution in [3.8, 4) is 6.07 Å². The highest BCUT2D eigenvalue weighted by molar-refractivity contribution is 6.32. The van der Waals surface area contributed by atoms with Gasteiger partial charge in [-0.15, -0.1) is 0 Å². The van der Waals surface area contributed by atoms with Crippen molar-refractivity contribution in [2.75, 3.05) is 38.6 Å². The number of hydrogen-bond acceptors (Lipinski definition) is 3. The summed E-state index contributed by atoms with van der Waals surface area (Å²) in [5, 5.41) is 9.72. The highest BCUT2D eigenvalue weighted by atomic mass is 35.5. The van der Waals surface area contributed by atoms with Gasteiger partial charge in [-0.05, 0) is 46.1 Å². The van der Waals surface area contributed by atoms with E-state index >= 15 is 0 Å². The van der Waals surface area contributed by atoms with Crippen LogP contribution in [0.4, 0.5) is 5.69 Å². The summed E-state index contributed by atoms with van der Waals surface area (Å²) in [6.07, 6.45) is 1.07. The summed E-state index contributed by atoms with van der Waals surface area (Å²) in [5.41, 5.74) is 1.51. The van der Waals surface area contributed by atoms with E-state index in [1.54, 1.807) is 6.07 Å². The molecule has 0 aromatic heterocycles. The van der Waals surface area contributed by atoms with E-state index in [4.69, 9.17) is 11.6 Å². The molecule has 0 unspecified atom stereocenters. The topological polar surface area (TPSA) is 30.3 Å². The van der Waals surface area contributed by atoms with Crippen LogP contribution in [-0.2, 0) is 0 Å². The molecule has 0 amide bonds. The zero-order chi connectivity index (χ0) is 13.5. The summed E-state index contributed by atoms with van der Waals surface area (Å²) >= 11 is 6.06. The third-order valence-electron chi connectivity index (χ3n) is 2.86. The minimum Gasteiger partial charge on any atom is -0.371 e. The summed E-state index contributed by atoms with van der Waals surface area (Å²) in [6.45, 7) is 4.95. The Morgan fingerprint density at radius 1 is 1.28 bits per heavy atom. The fraction of sp³-hybridized carbons (Fsp3) is 0.500. The van der Waals surface area contributed by atoms with Gasteiger partial charge in [0.25, 0.3) is 0 Å². The molecule has 0 heterocycles. The molecule has 0 spiro atoms. The summed E-state index contributed by atoms with van der Waals surface area (Å²) in [6, 6.07) is 7.81. The summed E-state index contributed by atoms with van der Waals surface area (Å²) in [7, 11) is 4.13. The molecule has 0 saturated carbocycles. The number of halogens is 1. The van der Waals surface area contributed by atoms with Crippen molar-refractivity contribution in [3.63, 3.8) is 0 Å². The molecule has 0 aliphatic carbocycles. The van der Waals surface area contributed by atoms with Crippen LogP contribution in [0, 0.1) is 11.3 Å². The van der Waals surface area contributed by atoms with E-state index in [0.717, 1.165) is 31.7 Å². The van der Waals surface area contributed by atoms with Crippen molar-refractivity contribution in [2.45, 2.75) is 13.3 Å². The summed E-state index contributed by atoms with van der Waals surface area (Å²) in [4.78, 5) is 4.37. The number of rotatable bonds is 6. The van der Waals surface area contributed by atoms with Crippen LogP contribution < -0.4 is 4.90 Å². The normalized spacial score (nSPS) is 10.4. The van der Waals surface area contributed by atoms with E-state index in [9.17, 15) is 5.26 Å². The maximum atomic E-state index is 9.19. The first-order valence-corrected chi connectivity index (χ1v) is 6.56. The van der Waals surface area contributed by atoms with E-state index in [0.29, 0.717) is 10.6 Å². The number of benzene rings is 1. The molecule has 0 fully saturated rings. The van der Waals surface area contributed by atoms with Crippen molar-refractivity contribution in [3.05, 3.63) is 28.8 Å². The fourth-order valence-corrected chi connectivity index (χ4v) is 2.13. The van der Waals surface area contributed by atoms with Crippen LogP contribution in [0.25, 0.3) is 0 Å². The molecular weight excluding hydrogens is 246 g/mol. The van der Waals surface area contributed by atoms with Gasteiger partial charge in [0.15, 0.2) is 0 Å². The van der Waals surface area contributed by atoms with Crippen LogP contribution >= 0.6 is 11.6 Å². The first kappa shape index (κ1) is 14.8. The molecule has 0 N–H and O–H groups in total. The zero-order valence-corrected chi connectivity index (χ0v) is 12.0. The summed E-state index contributed by atoms with van der Waals surface area (Å²) in [5.74, 6) is 0. The van der Waals surface area contributed by atoms with Gasteiger partial charge in [-0.3, -0.25) is 0 Å². The Balaban J connectivity index is 2.82. The van der Waals surface area contributed by atoms with Crippen LogP contribution in [0.3, 0.4) is 0 Å². The van der Waals surface area contributed by atoms with Crippen molar-refractivity contribution in [1.82, 2.24) is 4.90 Å². The second-order valence-electron chi connectivity index (χ2n) is 4.48. The van der Waals surface area contributed by atoms with E-state index in [1.165, 1.54) is 0 Å². The largest absolute Gasteiger partial charge is 0.371 e. The molecule has 98 valence electrons. The van der Waals surface area contributed by atoms with Gasteiger partial charge in [0.05, 0.1) is 16.3 Å². The lowest BCUT2D eigenvalue weighted by Gasteiger charge is -2.25. The summed E-state index contributed by atoms with van der Waals surface area (Å²) < 4.78 is 0. The van der Waals surface area contributed by atoms with Crippen molar-refractivity contribution >= 4 is 17.3 Å². The average molecular weight is 266 g/mol. The molecule has 1 rings (SSSR count). The molecule has 0 saturated heterocycles. The maximum Gasteiger partial charge on any atom is 0.103 e. The minimum absolute atomic E-state index is 0.529. The monoisotopic (exact) mass is 265 g/mol. The van der Waals surface area contributed by atoms with E-state index in [1.807, 2.05) is 12.1 Å². The van der Waals surface area contributed by atoms with Crippen molar-refractivity contribution in [1.29, 1.82) is 5.26 Å². The maximum absolute atomic E-state index is 9.19. The molecule has 0 bridgehead atoms. The Kier molecular flexibility index (Phi) is 5.97. The van der Waals surface area contributed by atoms with Gasteiger partial charge in [0, 0.05) is 13.1 Å². The van der Waals surface area contributed by atoms with Crippen LogP contribution in [-0.4, -0.2) is 38.6 Å². The predicted molar refractivity (Wildman–Crippen MR) is 77.2 cm³/mol. The second-order valence-corrected chi connectivity index (χ2v) is 4.89. The molecule has 18 heavy (non-hydrogen) atoms. The molecule has 1 aromatic rings. The quantitative estimate of drug-likeness (QED) is 0.792. The molecule has 3 nitrogen and oxygen atoms in total. The van der Waals surface area contributed by atoms with Crippen LogP contribution in [0.2, 0.25) is 5.02 Å². The fourth-order valence-electron chi connectivity index (χ4n) is 1.91. The zero-order valence-electron chi connectivity index (χ0n) is 11.3. The Bertz CT molecular complexity index is 424. The molecule has 1 aromatic carbocycles. The molecular formula is C14H20ClN3. The van der Waals surface area contributed by atoms with Gasteiger partial charge < -0.3 is 9.80 Å². The Morgan fingerprint density at radius 3 is 2.56 bits per heavy atom. The SMILES string of the molecule is CCN(CCCN(C)C)c1cccc(Cl)c1C#N. The van der Waals surface area contributed by atoms with Gasteiger partial charge in [-0.2, -0.15) is 5.26 Å². The first-order valence-electron chi connectivity index (χ1n) is 6.18. The number of nitrogens with zero attached hydrogens (tertiary/aromatic N) is 3. The van der Waals surface area contributed by atoms with Crippen molar-refractivity contribution in [2.24, 2.45) is 0 Å². The first-order chi connectivity index (χ1) is 8.60. The molecule has 0 aliphatic rings. The molecule has 0 radical (unpaired) electrons. The van der Waals surface area contributed by atoms with Gasteiger partial charge in [-0.1, -0.05) is 17.7 Å². The van der Waals surface area contributed by atoms with Crippen LogP contribution in [0.1, 0.15) is 18.9 Å². The third kappa shape index (κ3) is 3.90. The highest BCUT2D eigenvalue weighted by Crippen LogP contribution is 2.26. The lowest BCUT2D eigenvalue weighted by atomic mass is 10.1. The highest BCUT2D eigenvalue weighted by Gasteiger charge is 2.12. The third-order valence-corrected chi connectivity index (χ3v) is 3.17. The van der Waals surface area contributed by atoms with Gasteiger partial charge in [-0.25, -0.2) is 0 Å². The van der Waals surface area contributed by atoms with Crippen LogP contribution in [0.15, 0.2) is 18.2 Å². The standard InChI is InChI=1S/C14H20ClN3/c1-4-18(10-6-9-17(2)3)14-8-5-7-13(15)12(14)11-16/h5,7-8H,4,6,9-10H2,1-3H3. The molecule has 0 aliphatic heterocycles. The smallest absolute Gasteiger partial charge is 0.103 e.